The Kier molecular flexibility index (Phi) is 7.57. The summed E-state index contributed by atoms with van der Waals surface area (Å²) in [7, 11) is 1.56. The quantitative estimate of drug-likeness (QED) is 0.464. The summed E-state index contributed by atoms with van der Waals surface area (Å²) in [4.78, 5) is 21.3. The Morgan fingerprint density at radius 2 is 2.13 bits per heavy atom. The van der Waals surface area contributed by atoms with Crippen molar-refractivity contribution < 1.29 is 19.4 Å². The molecule has 3 N–H and O–H groups in total. The number of hydrogen-bond donors (Lipinski definition) is 3. The Morgan fingerprint density at radius 1 is 1.47 bits per heavy atom. The van der Waals surface area contributed by atoms with Gasteiger partial charge in [0, 0.05) is 19.7 Å². The second kappa shape index (κ2) is 8.19. The lowest BCUT2D eigenvalue weighted by Crippen LogP contribution is -2.41. The van der Waals surface area contributed by atoms with Crippen LogP contribution >= 0.6 is 0 Å². The minimum Gasteiger partial charge on any atom is -0.481 e. The second-order valence-corrected chi connectivity index (χ2v) is 3.24. The van der Waals surface area contributed by atoms with Crippen molar-refractivity contribution in [1.29, 1.82) is 0 Å². The van der Waals surface area contributed by atoms with Gasteiger partial charge in [0.15, 0.2) is 0 Å². The van der Waals surface area contributed by atoms with Crippen LogP contribution in [0.15, 0.2) is 0 Å². The second-order valence-electron chi connectivity index (χ2n) is 3.24. The summed E-state index contributed by atoms with van der Waals surface area (Å²) in [5.41, 5.74) is 0. The number of rotatable bonds is 8. The first-order valence-corrected chi connectivity index (χ1v) is 4.77. The molecule has 1 amide bonds. The first-order valence-electron chi connectivity index (χ1n) is 4.77. The fraction of sp³-hybridized carbons (Fsp3) is 0.778. The monoisotopic (exact) mass is 218 g/mol. The van der Waals surface area contributed by atoms with E-state index in [1.807, 2.05) is 6.92 Å². The molecule has 1 unspecified atom stereocenters. The Bertz CT molecular complexity index is 208. The third-order valence-electron chi connectivity index (χ3n) is 1.63. The van der Waals surface area contributed by atoms with E-state index in [2.05, 4.69) is 10.6 Å². The van der Waals surface area contributed by atoms with Gasteiger partial charge in [0.2, 0.25) is 5.91 Å². The van der Waals surface area contributed by atoms with E-state index < -0.39 is 5.97 Å². The molecule has 0 aromatic carbocycles. The smallest absolute Gasteiger partial charge is 0.304 e. The van der Waals surface area contributed by atoms with Crippen LogP contribution in [0.4, 0.5) is 0 Å². The lowest BCUT2D eigenvalue weighted by Gasteiger charge is -2.12. The zero-order valence-electron chi connectivity index (χ0n) is 9.08. The fourth-order valence-electron chi connectivity index (χ4n) is 1.01. The number of ether oxygens (including phenoxy) is 1. The molecule has 0 heterocycles. The molecule has 0 aromatic heterocycles. The van der Waals surface area contributed by atoms with Crippen LogP contribution < -0.4 is 10.6 Å². The van der Waals surface area contributed by atoms with Crippen LogP contribution in [0, 0.1) is 0 Å². The molecule has 0 aliphatic rings. The summed E-state index contributed by atoms with van der Waals surface area (Å²) in [6.07, 6.45) is 0.0148. The maximum Gasteiger partial charge on any atom is 0.304 e. The summed E-state index contributed by atoms with van der Waals surface area (Å²) >= 11 is 0. The van der Waals surface area contributed by atoms with Gasteiger partial charge in [-0.15, -0.1) is 0 Å². The molecule has 0 bridgehead atoms. The van der Waals surface area contributed by atoms with E-state index in [0.29, 0.717) is 13.2 Å². The van der Waals surface area contributed by atoms with E-state index in [4.69, 9.17) is 9.84 Å². The number of nitrogens with one attached hydrogen (secondary N) is 2. The standard InChI is InChI=1S/C9H18N2O4/c1-7(6-15-2)11-8(12)5-10-4-3-9(13)14/h7,10H,3-6H2,1-2H3,(H,11,12)(H,13,14). The maximum absolute atomic E-state index is 11.2. The van der Waals surface area contributed by atoms with Gasteiger partial charge in [0.25, 0.3) is 0 Å². The van der Waals surface area contributed by atoms with Gasteiger partial charge in [0.05, 0.1) is 19.6 Å². The topological polar surface area (TPSA) is 87.7 Å². The minimum atomic E-state index is -0.879. The molecule has 88 valence electrons. The van der Waals surface area contributed by atoms with Gasteiger partial charge < -0.3 is 20.5 Å². The van der Waals surface area contributed by atoms with E-state index in [1.165, 1.54) is 0 Å². The normalized spacial score (nSPS) is 12.1. The van der Waals surface area contributed by atoms with E-state index >= 15 is 0 Å². The molecule has 0 saturated heterocycles. The summed E-state index contributed by atoms with van der Waals surface area (Å²) in [6.45, 7) is 2.71. The van der Waals surface area contributed by atoms with E-state index in [0.717, 1.165) is 0 Å². The van der Waals surface area contributed by atoms with Crippen molar-refractivity contribution in [3.05, 3.63) is 0 Å². The van der Waals surface area contributed by atoms with Crippen molar-refractivity contribution >= 4 is 11.9 Å². The Morgan fingerprint density at radius 3 is 2.67 bits per heavy atom. The third kappa shape index (κ3) is 9.17. The van der Waals surface area contributed by atoms with Crippen molar-refractivity contribution in [2.45, 2.75) is 19.4 Å². The van der Waals surface area contributed by atoms with Crippen LogP contribution in [0.2, 0.25) is 0 Å². The Labute approximate surface area is 89.0 Å². The van der Waals surface area contributed by atoms with Crippen LogP contribution in [0.3, 0.4) is 0 Å². The van der Waals surface area contributed by atoms with Crippen LogP contribution in [-0.4, -0.2) is 49.8 Å². The van der Waals surface area contributed by atoms with Crippen molar-refractivity contribution in [2.75, 3.05) is 26.8 Å². The summed E-state index contributed by atoms with van der Waals surface area (Å²) in [5.74, 6) is -1.04. The first-order chi connectivity index (χ1) is 7.06. The van der Waals surface area contributed by atoms with Crippen molar-refractivity contribution in [2.24, 2.45) is 0 Å². The number of carbonyl (C=O) groups excluding carboxylic acids is 1. The molecule has 0 aromatic rings. The largest absolute Gasteiger partial charge is 0.481 e. The molecule has 1 atom stereocenters. The predicted octanol–water partition coefficient (Wildman–Crippen LogP) is -0.798. The summed E-state index contributed by atoms with van der Waals surface area (Å²) in [6, 6.07) is -0.0382. The molecule has 0 spiro atoms. The number of methoxy groups -OCH3 is 1. The van der Waals surface area contributed by atoms with Crippen molar-refractivity contribution in [1.82, 2.24) is 10.6 Å². The molecular weight excluding hydrogens is 200 g/mol. The highest BCUT2D eigenvalue weighted by Crippen LogP contribution is 1.82. The summed E-state index contributed by atoms with van der Waals surface area (Å²) in [5, 5.41) is 13.8. The minimum absolute atomic E-state index is 0.0148. The molecule has 15 heavy (non-hydrogen) atoms. The zero-order chi connectivity index (χ0) is 11.7. The third-order valence-corrected chi connectivity index (χ3v) is 1.63. The van der Waals surface area contributed by atoms with Crippen LogP contribution in [0.1, 0.15) is 13.3 Å². The highest BCUT2D eigenvalue weighted by atomic mass is 16.5. The van der Waals surface area contributed by atoms with Crippen LogP contribution in [0.5, 0.6) is 0 Å². The van der Waals surface area contributed by atoms with Gasteiger partial charge in [-0.25, -0.2) is 0 Å². The van der Waals surface area contributed by atoms with Gasteiger partial charge in [-0.1, -0.05) is 0 Å². The van der Waals surface area contributed by atoms with Crippen molar-refractivity contribution in [3.63, 3.8) is 0 Å². The van der Waals surface area contributed by atoms with E-state index in [-0.39, 0.29) is 24.9 Å². The SMILES string of the molecule is COCC(C)NC(=O)CNCCC(=O)O. The number of hydrogen-bond acceptors (Lipinski definition) is 4. The number of carbonyl (C=O) groups is 2. The fourth-order valence-corrected chi connectivity index (χ4v) is 1.01. The predicted molar refractivity (Wildman–Crippen MR) is 54.6 cm³/mol. The van der Waals surface area contributed by atoms with Gasteiger partial charge in [-0.3, -0.25) is 9.59 Å². The molecule has 0 saturated carbocycles. The molecule has 0 aliphatic carbocycles. The molecule has 6 heteroatoms. The van der Waals surface area contributed by atoms with Crippen LogP contribution in [-0.2, 0) is 14.3 Å². The van der Waals surface area contributed by atoms with Gasteiger partial charge in [-0.05, 0) is 6.92 Å². The van der Waals surface area contributed by atoms with Gasteiger partial charge in [0.1, 0.15) is 0 Å². The number of carboxylic acid groups (broad SMARTS) is 1. The molecule has 0 rings (SSSR count). The van der Waals surface area contributed by atoms with Gasteiger partial charge >= 0.3 is 5.97 Å². The lowest BCUT2D eigenvalue weighted by molar-refractivity contribution is -0.137. The molecular formula is C9H18N2O4. The number of aliphatic carboxylic acids is 1. The zero-order valence-corrected chi connectivity index (χ0v) is 9.08. The molecule has 0 radical (unpaired) electrons. The summed E-state index contributed by atoms with van der Waals surface area (Å²) < 4.78 is 4.85. The molecule has 6 nitrogen and oxygen atoms in total. The highest BCUT2D eigenvalue weighted by Gasteiger charge is 2.06. The Hall–Kier alpha value is -1.14. The maximum atomic E-state index is 11.2. The molecule has 0 fully saturated rings. The van der Waals surface area contributed by atoms with Gasteiger partial charge in [-0.2, -0.15) is 0 Å². The average Bonchev–Trinajstić information content (AvgIpc) is 2.12. The van der Waals surface area contributed by atoms with Crippen LogP contribution in [0.25, 0.3) is 0 Å². The van der Waals surface area contributed by atoms with E-state index in [1.54, 1.807) is 7.11 Å². The number of carboxylic acids is 1. The highest BCUT2D eigenvalue weighted by molar-refractivity contribution is 5.78. The molecule has 0 aliphatic heterocycles. The Balaban J connectivity index is 3.44. The van der Waals surface area contributed by atoms with Crippen molar-refractivity contribution in [3.8, 4) is 0 Å². The lowest BCUT2D eigenvalue weighted by atomic mass is 10.3. The van der Waals surface area contributed by atoms with E-state index in [9.17, 15) is 9.59 Å². The number of amides is 1. The average molecular weight is 218 g/mol. The first kappa shape index (κ1) is 13.9.